The lowest BCUT2D eigenvalue weighted by Crippen LogP contribution is -2.36. The van der Waals surface area contributed by atoms with Crippen LogP contribution < -0.4 is 5.73 Å². The van der Waals surface area contributed by atoms with Gasteiger partial charge in [-0.05, 0) is 31.9 Å². The molecule has 106 valence electrons. The molecule has 0 aliphatic carbocycles. The van der Waals surface area contributed by atoms with Crippen LogP contribution in [-0.2, 0) is 11.3 Å². The Morgan fingerprint density at radius 1 is 1.32 bits per heavy atom. The minimum Gasteiger partial charge on any atom is -0.338 e. The van der Waals surface area contributed by atoms with Crippen LogP contribution in [0.3, 0.4) is 0 Å². The predicted molar refractivity (Wildman–Crippen MR) is 79.7 cm³/mol. The zero-order valence-corrected chi connectivity index (χ0v) is 12.4. The van der Waals surface area contributed by atoms with Crippen LogP contribution in [0.5, 0.6) is 0 Å². The molecule has 1 aromatic carbocycles. The van der Waals surface area contributed by atoms with Crippen LogP contribution in [0.15, 0.2) is 24.3 Å². The molecule has 3 nitrogen and oxygen atoms in total. The highest BCUT2D eigenvalue weighted by Crippen LogP contribution is 2.12. The fourth-order valence-corrected chi connectivity index (χ4v) is 2.14. The molecule has 0 saturated carbocycles. The van der Waals surface area contributed by atoms with Crippen LogP contribution in [0.2, 0.25) is 0 Å². The van der Waals surface area contributed by atoms with Gasteiger partial charge in [0.05, 0.1) is 0 Å². The van der Waals surface area contributed by atoms with Crippen LogP contribution in [0, 0.1) is 12.8 Å². The number of benzene rings is 1. The molecular weight excluding hydrogens is 236 g/mol. The SMILES string of the molecule is CCCN(Cc1ccc(C)cc1)C(=O)C(C)CCN. The van der Waals surface area contributed by atoms with Crippen molar-refractivity contribution in [2.24, 2.45) is 11.7 Å². The van der Waals surface area contributed by atoms with Gasteiger partial charge < -0.3 is 10.6 Å². The largest absolute Gasteiger partial charge is 0.338 e. The van der Waals surface area contributed by atoms with Crippen LogP contribution in [0.4, 0.5) is 0 Å². The summed E-state index contributed by atoms with van der Waals surface area (Å²) in [5.41, 5.74) is 7.97. The first kappa shape index (κ1) is 15.7. The van der Waals surface area contributed by atoms with E-state index in [0.29, 0.717) is 13.1 Å². The second-order valence-electron chi connectivity index (χ2n) is 5.22. The molecule has 2 N–H and O–H groups in total. The summed E-state index contributed by atoms with van der Waals surface area (Å²) < 4.78 is 0. The number of carbonyl (C=O) groups excluding carboxylic acids is 1. The van der Waals surface area contributed by atoms with E-state index in [1.165, 1.54) is 11.1 Å². The summed E-state index contributed by atoms with van der Waals surface area (Å²) in [6.45, 7) is 8.21. The van der Waals surface area contributed by atoms with Crippen LogP contribution in [0.1, 0.15) is 37.8 Å². The molecule has 0 aliphatic rings. The minimum absolute atomic E-state index is 0.0157. The first-order chi connectivity index (χ1) is 9.08. The molecule has 0 saturated heterocycles. The van der Waals surface area contributed by atoms with E-state index < -0.39 is 0 Å². The lowest BCUT2D eigenvalue weighted by molar-refractivity contribution is -0.135. The van der Waals surface area contributed by atoms with Gasteiger partial charge >= 0.3 is 0 Å². The van der Waals surface area contributed by atoms with E-state index in [1.54, 1.807) is 0 Å². The molecule has 1 rings (SSSR count). The normalized spacial score (nSPS) is 12.2. The van der Waals surface area contributed by atoms with Gasteiger partial charge in [-0.1, -0.05) is 43.7 Å². The van der Waals surface area contributed by atoms with Crippen molar-refractivity contribution in [3.05, 3.63) is 35.4 Å². The number of rotatable bonds is 7. The lowest BCUT2D eigenvalue weighted by Gasteiger charge is -2.25. The lowest BCUT2D eigenvalue weighted by atomic mass is 10.1. The topological polar surface area (TPSA) is 46.3 Å². The van der Waals surface area contributed by atoms with Gasteiger partial charge in [0.15, 0.2) is 0 Å². The molecule has 3 heteroatoms. The average molecular weight is 262 g/mol. The third-order valence-electron chi connectivity index (χ3n) is 3.32. The molecule has 0 spiro atoms. The number of nitrogens with two attached hydrogens (primary N) is 1. The van der Waals surface area contributed by atoms with E-state index in [2.05, 4.69) is 38.1 Å². The van der Waals surface area contributed by atoms with Crippen molar-refractivity contribution in [1.29, 1.82) is 0 Å². The number of nitrogens with zero attached hydrogens (tertiary/aromatic N) is 1. The molecule has 0 aromatic heterocycles. The average Bonchev–Trinajstić information content (AvgIpc) is 2.40. The number of aryl methyl sites for hydroxylation is 1. The fourth-order valence-electron chi connectivity index (χ4n) is 2.14. The second-order valence-corrected chi connectivity index (χ2v) is 5.22. The molecule has 1 atom stereocenters. The van der Waals surface area contributed by atoms with Gasteiger partial charge in [-0.15, -0.1) is 0 Å². The van der Waals surface area contributed by atoms with E-state index >= 15 is 0 Å². The Morgan fingerprint density at radius 2 is 1.95 bits per heavy atom. The Hall–Kier alpha value is -1.35. The Bertz CT molecular complexity index is 386. The molecular formula is C16H26N2O. The quantitative estimate of drug-likeness (QED) is 0.821. The van der Waals surface area contributed by atoms with Crippen LogP contribution >= 0.6 is 0 Å². The maximum absolute atomic E-state index is 12.4. The Kier molecular flexibility index (Phi) is 6.57. The summed E-state index contributed by atoms with van der Waals surface area (Å²) in [5.74, 6) is 0.231. The monoisotopic (exact) mass is 262 g/mol. The fraction of sp³-hybridized carbons (Fsp3) is 0.562. The third kappa shape index (κ3) is 5.03. The molecule has 19 heavy (non-hydrogen) atoms. The molecule has 0 aliphatic heterocycles. The van der Waals surface area contributed by atoms with E-state index in [4.69, 9.17) is 5.73 Å². The molecule has 0 bridgehead atoms. The first-order valence-electron chi connectivity index (χ1n) is 7.12. The van der Waals surface area contributed by atoms with Crippen molar-refractivity contribution >= 4 is 5.91 Å². The van der Waals surface area contributed by atoms with E-state index in [-0.39, 0.29) is 11.8 Å². The zero-order chi connectivity index (χ0) is 14.3. The molecule has 0 radical (unpaired) electrons. The van der Waals surface area contributed by atoms with Crippen molar-refractivity contribution < 1.29 is 4.79 Å². The van der Waals surface area contributed by atoms with Crippen molar-refractivity contribution in [3.63, 3.8) is 0 Å². The van der Waals surface area contributed by atoms with Gasteiger partial charge in [0.25, 0.3) is 0 Å². The summed E-state index contributed by atoms with van der Waals surface area (Å²) in [5, 5.41) is 0. The highest BCUT2D eigenvalue weighted by atomic mass is 16.2. The number of hydrogen-bond acceptors (Lipinski definition) is 2. The van der Waals surface area contributed by atoms with E-state index in [1.807, 2.05) is 11.8 Å². The van der Waals surface area contributed by atoms with Gasteiger partial charge in [-0.2, -0.15) is 0 Å². The van der Waals surface area contributed by atoms with Crippen LogP contribution in [0.25, 0.3) is 0 Å². The van der Waals surface area contributed by atoms with Crippen molar-refractivity contribution in [2.75, 3.05) is 13.1 Å². The highest BCUT2D eigenvalue weighted by molar-refractivity contribution is 5.78. The van der Waals surface area contributed by atoms with Gasteiger partial charge in [-0.3, -0.25) is 4.79 Å². The van der Waals surface area contributed by atoms with Gasteiger partial charge in [0.2, 0.25) is 5.91 Å². The number of amides is 1. The summed E-state index contributed by atoms with van der Waals surface area (Å²) >= 11 is 0. The predicted octanol–water partition coefficient (Wildman–Crippen LogP) is 2.72. The summed E-state index contributed by atoms with van der Waals surface area (Å²) in [6.07, 6.45) is 1.74. The molecule has 1 amide bonds. The van der Waals surface area contributed by atoms with Gasteiger partial charge in [0, 0.05) is 19.0 Å². The van der Waals surface area contributed by atoms with E-state index in [0.717, 1.165) is 19.4 Å². The Morgan fingerprint density at radius 3 is 2.47 bits per heavy atom. The van der Waals surface area contributed by atoms with Crippen molar-refractivity contribution in [1.82, 2.24) is 4.90 Å². The minimum atomic E-state index is 0.0157. The highest BCUT2D eigenvalue weighted by Gasteiger charge is 2.19. The number of hydrogen-bond donors (Lipinski definition) is 1. The summed E-state index contributed by atoms with van der Waals surface area (Å²) in [7, 11) is 0. The van der Waals surface area contributed by atoms with Crippen molar-refractivity contribution in [2.45, 2.75) is 40.2 Å². The van der Waals surface area contributed by atoms with Gasteiger partial charge in [-0.25, -0.2) is 0 Å². The summed E-state index contributed by atoms with van der Waals surface area (Å²) in [4.78, 5) is 14.3. The third-order valence-corrected chi connectivity index (χ3v) is 3.32. The second kappa shape index (κ2) is 7.95. The molecule has 1 aromatic rings. The maximum atomic E-state index is 12.4. The van der Waals surface area contributed by atoms with Gasteiger partial charge in [0.1, 0.15) is 0 Å². The van der Waals surface area contributed by atoms with E-state index in [9.17, 15) is 4.79 Å². The molecule has 1 unspecified atom stereocenters. The van der Waals surface area contributed by atoms with Crippen molar-refractivity contribution in [3.8, 4) is 0 Å². The van der Waals surface area contributed by atoms with Crippen LogP contribution in [-0.4, -0.2) is 23.9 Å². The standard InChI is InChI=1S/C16H26N2O/c1-4-11-18(16(19)14(3)9-10-17)12-15-7-5-13(2)6-8-15/h5-8,14H,4,9-12,17H2,1-3H3. The Balaban J connectivity index is 2.71. The number of carbonyl (C=O) groups is 1. The smallest absolute Gasteiger partial charge is 0.225 e. The Labute approximate surface area is 116 Å². The zero-order valence-electron chi connectivity index (χ0n) is 12.4. The summed E-state index contributed by atoms with van der Waals surface area (Å²) in [6, 6.07) is 8.37. The molecule has 0 heterocycles. The molecule has 0 fully saturated rings. The first-order valence-corrected chi connectivity index (χ1v) is 7.12. The maximum Gasteiger partial charge on any atom is 0.225 e.